The molecule has 7 nitrogen and oxygen atoms in total. The Morgan fingerprint density at radius 1 is 1.33 bits per heavy atom. The summed E-state index contributed by atoms with van der Waals surface area (Å²) in [5.41, 5.74) is 4.48. The molecule has 1 rings (SSSR count). The Bertz CT molecular complexity index is 620. The van der Waals surface area contributed by atoms with Crippen LogP contribution < -0.4 is 10.7 Å². The lowest BCUT2D eigenvalue weighted by atomic mass is 10.2. The minimum absolute atomic E-state index is 0.131. The number of carbonyl (C=O) groups is 1. The molecule has 0 spiro atoms. The van der Waals surface area contributed by atoms with Crippen molar-refractivity contribution in [3.8, 4) is 12.1 Å². The standard InChI is InChI=1S/C14H16N6O/c1-10-4-5-11(17-14(21)9-20(2)3)6-13(10)19-18-12(7-15)8-16/h4-6,19H,9H2,1-3H3,(H,17,21). The number of hydrazone groups is 1. The van der Waals surface area contributed by atoms with Gasteiger partial charge >= 0.3 is 0 Å². The number of hydrogen-bond acceptors (Lipinski definition) is 6. The SMILES string of the molecule is Cc1ccc(NC(=O)CN(C)C)cc1NN=C(C#N)C#N. The van der Waals surface area contributed by atoms with Crippen LogP contribution in [-0.4, -0.2) is 37.2 Å². The minimum Gasteiger partial charge on any atom is -0.325 e. The maximum atomic E-state index is 11.7. The van der Waals surface area contributed by atoms with Crippen LogP contribution in [0.25, 0.3) is 0 Å². The van der Waals surface area contributed by atoms with Gasteiger partial charge in [-0.3, -0.25) is 10.2 Å². The van der Waals surface area contributed by atoms with Crippen LogP contribution in [0.15, 0.2) is 23.3 Å². The molecule has 0 heterocycles. The Morgan fingerprint density at radius 2 is 2.00 bits per heavy atom. The van der Waals surface area contributed by atoms with Crippen molar-refractivity contribution in [1.82, 2.24) is 4.90 Å². The summed E-state index contributed by atoms with van der Waals surface area (Å²) in [6, 6.07) is 8.59. The number of nitriles is 2. The van der Waals surface area contributed by atoms with Gasteiger partial charge in [0.15, 0.2) is 0 Å². The molecule has 1 aromatic rings. The minimum atomic E-state index is -0.267. The first kappa shape index (κ1) is 16.2. The summed E-state index contributed by atoms with van der Waals surface area (Å²) in [6.45, 7) is 2.13. The first-order valence-electron chi connectivity index (χ1n) is 6.15. The lowest BCUT2D eigenvalue weighted by Gasteiger charge is -2.12. The van der Waals surface area contributed by atoms with Crippen molar-refractivity contribution in [2.75, 3.05) is 31.4 Å². The smallest absolute Gasteiger partial charge is 0.238 e. The average Bonchev–Trinajstić information content (AvgIpc) is 2.42. The van der Waals surface area contributed by atoms with Gasteiger partial charge in [0.05, 0.1) is 12.2 Å². The van der Waals surface area contributed by atoms with Gasteiger partial charge in [0.25, 0.3) is 0 Å². The Balaban J connectivity index is 2.86. The number of likely N-dealkylation sites (N-methyl/N-ethyl adjacent to an activating group) is 1. The number of benzene rings is 1. The molecule has 21 heavy (non-hydrogen) atoms. The van der Waals surface area contributed by atoms with Gasteiger partial charge in [-0.2, -0.15) is 15.6 Å². The predicted octanol–water partition coefficient (Wildman–Crippen LogP) is 1.31. The Morgan fingerprint density at radius 3 is 2.57 bits per heavy atom. The van der Waals surface area contributed by atoms with Gasteiger partial charge in [0.1, 0.15) is 12.1 Å². The number of hydrogen-bond donors (Lipinski definition) is 2. The molecule has 0 aromatic heterocycles. The van der Waals surface area contributed by atoms with Gasteiger partial charge in [0.2, 0.25) is 11.6 Å². The van der Waals surface area contributed by atoms with Gasteiger partial charge in [-0.05, 0) is 38.7 Å². The number of amides is 1. The number of carbonyl (C=O) groups excluding carboxylic acids is 1. The quantitative estimate of drug-likeness (QED) is 0.626. The largest absolute Gasteiger partial charge is 0.325 e. The summed E-state index contributed by atoms with van der Waals surface area (Å²) in [5.74, 6) is -0.131. The highest BCUT2D eigenvalue weighted by Crippen LogP contribution is 2.20. The maximum absolute atomic E-state index is 11.7. The summed E-state index contributed by atoms with van der Waals surface area (Å²) in [5, 5.41) is 23.7. The van der Waals surface area contributed by atoms with E-state index in [1.54, 1.807) is 29.2 Å². The van der Waals surface area contributed by atoms with Gasteiger partial charge < -0.3 is 10.2 Å². The number of rotatable bonds is 5. The molecule has 1 amide bonds. The van der Waals surface area contributed by atoms with Crippen molar-refractivity contribution in [2.45, 2.75) is 6.92 Å². The summed E-state index contributed by atoms with van der Waals surface area (Å²) in [6.07, 6.45) is 0. The zero-order valence-electron chi connectivity index (χ0n) is 12.1. The van der Waals surface area contributed by atoms with Crippen LogP contribution in [0.4, 0.5) is 11.4 Å². The van der Waals surface area contributed by atoms with E-state index < -0.39 is 0 Å². The molecule has 108 valence electrons. The number of nitrogens with zero attached hydrogens (tertiary/aromatic N) is 4. The van der Waals surface area contributed by atoms with E-state index >= 15 is 0 Å². The van der Waals surface area contributed by atoms with Crippen LogP contribution >= 0.6 is 0 Å². The second kappa shape index (κ2) is 7.63. The molecule has 0 atom stereocenters. The van der Waals surface area contributed by atoms with Crippen molar-refractivity contribution in [3.63, 3.8) is 0 Å². The van der Waals surface area contributed by atoms with E-state index in [9.17, 15) is 4.79 Å². The van der Waals surface area contributed by atoms with E-state index in [-0.39, 0.29) is 18.2 Å². The first-order valence-corrected chi connectivity index (χ1v) is 6.15. The average molecular weight is 284 g/mol. The van der Waals surface area contributed by atoms with E-state index in [0.29, 0.717) is 11.4 Å². The van der Waals surface area contributed by atoms with Crippen molar-refractivity contribution < 1.29 is 4.79 Å². The van der Waals surface area contributed by atoms with E-state index in [1.165, 1.54) is 0 Å². The zero-order chi connectivity index (χ0) is 15.8. The molecule has 0 radical (unpaired) electrons. The zero-order valence-corrected chi connectivity index (χ0v) is 12.1. The maximum Gasteiger partial charge on any atom is 0.238 e. The second-order valence-corrected chi connectivity index (χ2v) is 4.61. The summed E-state index contributed by atoms with van der Waals surface area (Å²) >= 11 is 0. The van der Waals surface area contributed by atoms with E-state index in [4.69, 9.17) is 10.5 Å². The molecule has 0 aliphatic rings. The fraction of sp³-hybridized carbons (Fsp3) is 0.286. The fourth-order valence-electron chi connectivity index (χ4n) is 1.50. The summed E-state index contributed by atoms with van der Waals surface area (Å²) in [7, 11) is 3.61. The van der Waals surface area contributed by atoms with Gasteiger partial charge in [-0.15, -0.1) is 0 Å². The van der Waals surface area contributed by atoms with Crippen LogP contribution in [0, 0.1) is 29.6 Å². The molecule has 1 aromatic carbocycles. The topological polar surface area (TPSA) is 104 Å². The number of aryl methyl sites for hydroxylation is 1. The molecule has 0 fully saturated rings. The predicted molar refractivity (Wildman–Crippen MR) is 80.6 cm³/mol. The highest BCUT2D eigenvalue weighted by Gasteiger charge is 2.06. The molecule has 0 aliphatic carbocycles. The van der Waals surface area contributed by atoms with E-state index in [2.05, 4.69) is 15.8 Å². The highest BCUT2D eigenvalue weighted by molar-refractivity contribution is 6.10. The second-order valence-electron chi connectivity index (χ2n) is 4.61. The van der Waals surface area contributed by atoms with Crippen LogP contribution in [-0.2, 0) is 4.79 Å². The van der Waals surface area contributed by atoms with Crippen LogP contribution in [0.1, 0.15) is 5.56 Å². The van der Waals surface area contributed by atoms with Crippen LogP contribution in [0.3, 0.4) is 0 Å². The molecule has 0 bridgehead atoms. The highest BCUT2D eigenvalue weighted by atomic mass is 16.2. The normalized spacial score (nSPS) is 9.43. The van der Waals surface area contributed by atoms with Gasteiger partial charge in [0, 0.05) is 5.69 Å². The molecule has 7 heteroatoms. The fourth-order valence-corrected chi connectivity index (χ4v) is 1.50. The lowest BCUT2D eigenvalue weighted by molar-refractivity contribution is -0.116. The lowest BCUT2D eigenvalue weighted by Crippen LogP contribution is -2.27. The molecule has 0 unspecified atom stereocenters. The van der Waals surface area contributed by atoms with Crippen molar-refractivity contribution in [3.05, 3.63) is 23.8 Å². The van der Waals surface area contributed by atoms with Crippen LogP contribution in [0.2, 0.25) is 0 Å². The monoisotopic (exact) mass is 284 g/mol. The molecule has 0 aliphatic heterocycles. The van der Waals surface area contributed by atoms with Crippen molar-refractivity contribution >= 4 is 23.0 Å². The van der Waals surface area contributed by atoms with Gasteiger partial charge in [-0.25, -0.2) is 0 Å². The third kappa shape index (κ3) is 5.31. The molecular weight excluding hydrogens is 268 g/mol. The van der Waals surface area contributed by atoms with Gasteiger partial charge in [-0.1, -0.05) is 6.07 Å². The third-order valence-corrected chi connectivity index (χ3v) is 2.48. The first-order chi connectivity index (χ1) is 9.96. The molecular formula is C14H16N6O. The van der Waals surface area contributed by atoms with Crippen LogP contribution in [0.5, 0.6) is 0 Å². The molecule has 2 N–H and O–H groups in total. The molecule has 0 saturated heterocycles. The summed E-state index contributed by atoms with van der Waals surface area (Å²) < 4.78 is 0. The number of nitrogens with one attached hydrogen (secondary N) is 2. The molecule has 0 saturated carbocycles. The van der Waals surface area contributed by atoms with E-state index in [1.807, 2.05) is 27.1 Å². The van der Waals surface area contributed by atoms with Crippen molar-refractivity contribution in [1.29, 1.82) is 10.5 Å². The Labute approximate surface area is 123 Å². The van der Waals surface area contributed by atoms with E-state index in [0.717, 1.165) is 5.56 Å². The Kier molecular flexibility index (Phi) is 5.87. The Hall–Kier alpha value is -2.90. The summed E-state index contributed by atoms with van der Waals surface area (Å²) in [4.78, 5) is 13.5. The van der Waals surface area contributed by atoms with Crippen molar-refractivity contribution in [2.24, 2.45) is 5.10 Å². The number of anilines is 2. The third-order valence-electron chi connectivity index (χ3n) is 2.48.